The van der Waals surface area contributed by atoms with Gasteiger partial charge in [0.25, 0.3) is 5.69 Å². The summed E-state index contributed by atoms with van der Waals surface area (Å²) in [5.41, 5.74) is -1.61. The molecule has 0 aliphatic carbocycles. The number of nitro groups is 1. The third-order valence-electron chi connectivity index (χ3n) is 3.83. The van der Waals surface area contributed by atoms with E-state index in [1.807, 2.05) is 0 Å². The van der Waals surface area contributed by atoms with E-state index >= 15 is 0 Å². The summed E-state index contributed by atoms with van der Waals surface area (Å²) in [6.07, 6.45) is -4.59. The van der Waals surface area contributed by atoms with Crippen molar-refractivity contribution in [3.05, 3.63) is 62.7 Å². The third kappa shape index (κ3) is 6.56. The van der Waals surface area contributed by atoms with Crippen LogP contribution in [0.4, 0.5) is 23.7 Å². The number of amides is 2. The molecule has 0 bridgehead atoms. The summed E-state index contributed by atoms with van der Waals surface area (Å²) >= 11 is 5.89. The number of halogens is 4. The monoisotopic (exact) mass is 475 g/mol. The number of nitro benzene ring substituents is 1. The Morgan fingerprint density at radius 3 is 2.50 bits per heavy atom. The molecule has 0 spiro atoms. The summed E-state index contributed by atoms with van der Waals surface area (Å²) in [5.74, 6) is -0.520. The summed E-state index contributed by atoms with van der Waals surface area (Å²) < 4.78 is 54.2. The van der Waals surface area contributed by atoms with Crippen LogP contribution >= 0.6 is 11.6 Å². The van der Waals surface area contributed by atoms with Gasteiger partial charge in [-0.15, -0.1) is 0 Å². The molecule has 32 heavy (non-hydrogen) atoms. The van der Waals surface area contributed by atoms with Crippen LogP contribution in [-0.4, -0.2) is 44.2 Å². The van der Waals surface area contributed by atoms with Crippen molar-refractivity contribution < 1.29 is 37.1 Å². The number of carbonyl (C=O) groups excluding carboxylic acids is 1. The molecular weight excluding hydrogens is 459 g/mol. The van der Waals surface area contributed by atoms with Crippen LogP contribution in [0, 0.1) is 10.1 Å². The lowest BCUT2D eigenvalue weighted by Gasteiger charge is -2.13. The quantitative estimate of drug-likeness (QED) is 0.202. The van der Waals surface area contributed by atoms with Crippen molar-refractivity contribution in [2.45, 2.75) is 6.18 Å². The second-order valence-electron chi connectivity index (χ2n) is 5.99. The first kappa shape index (κ1) is 24.9. The van der Waals surface area contributed by atoms with Gasteiger partial charge in [-0.05, 0) is 24.3 Å². The Morgan fingerprint density at radius 1 is 1.22 bits per heavy atom. The summed E-state index contributed by atoms with van der Waals surface area (Å²) in [6.45, 7) is 0.0389. The van der Waals surface area contributed by atoms with E-state index in [4.69, 9.17) is 25.8 Å². The third-order valence-corrected chi connectivity index (χ3v) is 4.12. The molecule has 0 fully saturated rings. The normalized spacial score (nSPS) is 11.8. The number of alkyl halides is 3. The molecule has 0 unspecified atom stereocenters. The van der Waals surface area contributed by atoms with Crippen molar-refractivity contribution in [1.29, 1.82) is 0 Å². The molecular formula is C19H17ClF3N3O6. The van der Waals surface area contributed by atoms with Crippen LogP contribution in [0.3, 0.4) is 0 Å². The standard InChI is InChI=1S/C19H17ClF3N3O6/c1-24-18(27)25-17(31-8-7-30-2)13-10-12(4-5-15(13)26(28)29)32-16-6-3-11(9-14(16)20)19(21,22)23/h3-6,9-10H,7-8H2,1-2H3,(H,24,27). The van der Waals surface area contributed by atoms with E-state index in [2.05, 4.69) is 10.3 Å². The van der Waals surface area contributed by atoms with Gasteiger partial charge in [-0.2, -0.15) is 18.2 Å². The van der Waals surface area contributed by atoms with Crippen LogP contribution in [-0.2, 0) is 15.7 Å². The van der Waals surface area contributed by atoms with E-state index in [-0.39, 0.29) is 41.2 Å². The fourth-order valence-electron chi connectivity index (χ4n) is 2.34. The van der Waals surface area contributed by atoms with Gasteiger partial charge in [0.15, 0.2) is 0 Å². The van der Waals surface area contributed by atoms with Crippen LogP contribution in [0.5, 0.6) is 11.5 Å². The number of benzene rings is 2. The van der Waals surface area contributed by atoms with Gasteiger partial charge < -0.3 is 19.5 Å². The number of aliphatic imine (C=N–C) groups is 1. The topological polar surface area (TPSA) is 112 Å². The van der Waals surface area contributed by atoms with Crippen molar-refractivity contribution in [2.75, 3.05) is 27.4 Å². The van der Waals surface area contributed by atoms with Gasteiger partial charge in [-0.25, -0.2) is 4.79 Å². The summed E-state index contributed by atoms with van der Waals surface area (Å²) in [5, 5.41) is 13.4. The van der Waals surface area contributed by atoms with Gasteiger partial charge in [-0.3, -0.25) is 10.1 Å². The molecule has 2 aromatic rings. The number of nitrogens with one attached hydrogen (secondary N) is 1. The number of rotatable bonds is 7. The molecule has 0 saturated carbocycles. The van der Waals surface area contributed by atoms with Crippen molar-refractivity contribution in [2.24, 2.45) is 4.99 Å². The highest BCUT2D eigenvalue weighted by Gasteiger charge is 2.31. The second kappa shape index (κ2) is 10.8. The van der Waals surface area contributed by atoms with Crippen LogP contribution in [0.1, 0.15) is 11.1 Å². The molecule has 0 aromatic heterocycles. The Labute approximate surface area is 184 Å². The first-order valence-electron chi connectivity index (χ1n) is 8.82. The maximum Gasteiger partial charge on any atom is 0.416 e. The lowest BCUT2D eigenvalue weighted by atomic mass is 10.1. The first-order valence-corrected chi connectivity index (χ1v) is 9.20. The Balaban J connectivity index is 2.47. The average molecular weight is 476 g/mol. The summed E-state index contributed by atoms with van der Waals surface area (Å²) in [6, 6.07) is 5.09. The molecule has 2 amide bonds. The minimum absolute atomic E-state index is 0.0211. The highest BCUT2D eigenvalue weighted by Crippen LogP contribution is 2.37. The van der Waals surface area contributed by atoms with E-state index in [0.717, 1.165) is 24.3 Å². The second-order valence-corrected chi connectivity index (χ2v) is 6.40. The zero-order valence-corrected chi connectivity index (χ0v) is 17.5. The highest BCUT2D eigenvalue weighted by molar-refractivity contribution is 6.32. The number of nitrogens with zero attached hydrogens (tertiary/aromatic N) is 2. The Bertz CT molecular complexity index is 1030. The lowest BCUT2D eigenvalue weighted by Crippen LogP contribution is -2.19. The maximum absolute atomic E-state index is 12.8. The molecule has 0 radical (unpaired) electrons. The zero-order valence-electron chi connectivity index (χ0n) is 16.7. The van der Waals surface area contributed by atoms with E-state index in [9.17, 15) is 28.1 Å². The predicted octanol–water partition coefficient (Wildman–Crippen LogP) is 4.81. The number of methoxy groups -OCH3 is 1. The van der Waals surface area contributed by atoms with Crippen LogP contribution in [0.25, 0.3) is 0 Å². The zero-order chi connectivity index (χ0) is 23.9. The average Bonchev–Trinajstić information content (AvgIpc) is 2.73. The van der Waals surface area contributed by atoms with Crippen LogP contribution in [0.15, 0.2) is 41.4 Å². The molecule has 0 aliphatic heterocycles. The molecule has 0 aliphatic rings. The summed E-state index contributed by atoms with van der Waals surface area (Å²) in [4.78, 5) is 26.1. The van der Waals surface area contributed by atoms with Gasteiger partial charge >= 0.3 is 12.2 Å². The van der Waals surface area contributed by atoms with E-state index in [1.165, 1.54) is 20.2 Å². The molecule has 2 rings (SSSR count). The van der Waals surface area contributed by atoms with E-state index in [1.54, 1.807) is 0 Å². The van der Waals surface area contributed by atoms with E-state index in [0.29, 0.717) is 6.07 Å². The Hall–Kier alpha value is -3.38. The number of hydrogen-bond acceptors (Lipinski definition) is 6. The number of carbonyl (C=O) groups is 1. The molecule has 2 aromatic carbocycles. The maximum atomic E-state index is 12.8. The number of urea groups is 1. The van der Waals surface area contributed by atoms with Crippen molar-refractivity contribution in [3.8, 4) is 11.5 Å². The van der Waals surface area contributed by atoms with Crippen LogP contribution < -0.4 is 10.1 Å². The smallest absolute Gasteiger partial charge is 0.416 e. The van der Waals surface area contributed by atoms with Gasteiger partial charge in [0, 0.05) is 26.3 Å². The van der Waals surface area contributed by atoms with Gasteiger partial charge in [0.05, 0.1) is 22.1 Å². The van der Waals surface area contributed by atoms with E-state index < -0.39 is 28.4 Å². The fraction of sp³-hybridized carbons (Fsp3) is 0.263. The number of hydrogen-bond donors (Lipinski definition) is 1. The van der Waals surface area contributed by atoms with Crippen molar-refractivity contribution in [3.63, 3.8) is 0 Å². The molecule has 9 nitrogen and oxygen atoms in total. The SMILES string of the molecule is CNC(=O)N=C(OCCOC)c1cc(Oc2ccc(C(F)(F)F)cc2Cl)ccc1[N+](=O)[O-]. The van der Waals surface area contributed by atoms with Crippen LogP contribution in [0.2, 0.25) is 5.02 Å². The molecule has 0 atom stereocenters. The predicted molar refractivity (Wildman–Crippen MR) is 108 cm³/mol. The van der Waals surface area contributed by atoms with Gasteiger partial charge in [0.1, 0.15) is 23.7 Å². The first-order chi connectivity index (χ1) is 15.1. The summed E-state index contributed by atoms with van der Waals surface area (Å²) in [7, 11) is 2.71. The van der Waals surface area contributed by atoms with Crippen molar-refractivity contribution >= 4 is 29.2 Å². The number of ether oxygens (including phenoxy) is 3. The minimum atomic E-state index is -4.59. The molecule has 0 saturated heterocycles. The highest BCUT2D eigenvalue weighted by atomic mass is 35.5. The Morgan fingerprint density at radius 2 is 1.94 bits per heavy atom. The Kier molecular flexibility index (Phi) is 8.38. The fourth-order valence-corrected chi connectivity index (χ4v) is 2.56. The molecule has 172 valence electrons. The molecule has 0 heterocycles. The lowest BCUT2D eigenvalue weighted by molar-refractivity contribution is -0.385. The van der Waals surface area contributed by atoms with Gasteiger partial charge in [-0.1, -0.05) is 11.6 Å². The molecule has 1 N–H and O–H groups in total. The molecule has 13 heteroatoms. The van der Waals surface area contributed by atoms with Gasteiger partial charge in [0.2, 0.25) is 5.90 Å². The minimum Gasteiger partial charge on any atom is -0.474 e. The largest absolute Gasteiger partial charge is 0.474 e. The van der Waals surface area contributed by atoms with Crippen molar-refractivity contribution in [1.82, 2.24) is 5.32 Å².